The van der Waals surface area contributed by atoms with Crippen molar-refractivity contribution in [1.29, 1.82) is 0 Å². The molecule has 5 rings (SSSR count). The van der Waals surface area contributed by atoms with E-state index in [9.17, 15) is 9.59 Å². The highest BCUT2D eigenvalue weighted by atomic mass is 16.2. The first-order valence-electron chi connectivity index (χ1n) is 12.2. The summed E-state index contributed by atoms with van der Waals surface area (Å²) < 4.78 is 1.91. The van der Waals surface area contributed by atoms with Crippen molar-refractivity contribution >= 4 is 6.03 Å². The van der Waals surface area contributed by atoms with E-state index >= 15 is 0 Å². The molecule has 0 unspecified atom stereocenters. The summed E-state index contributed by atoms with van der Waals surface area (Å²) in [4.78, 5) is 35.4. The Morgan fingerprint density at radius 2 is 1.85 bits per heavy atom. The van der Waals surface area contributed by atoms with Gasteiger partial charge in [0.2, 0.25) is 0 Å². The third kappa shape index (κ3) is 4.07. The van der Waals surface area contributed by atoms with Gasteiger partial charge in [0, 0.05) is 57.1 Å². The van der Waals surface area contributed by atoms with Gasteiger partial charge in [-0.05, 0) is 46.1 Å². The largest absolute Gasteiger partial charge is 0.336 e. The number of nitrogens with zero attached hydrogens (tertiary/aromatic N) is 4. The Kier molecular flexibility index (Phi) is 5.55. The maximum absolute atomic E-state index is 13.5. The monoisotopic (exact) mass is 449 g/mol. The molecule has 7 heteroatoms. The fourth-order valence-corrected chi connectivity index (χ4v) is 5.94. The zero-order chi connectivity index (χ0) is 23.3. The second-order valence-electron chi connectivity index (χ2n) is 10.6. The Bertz CT molecular complexity index is 1130. The van der Waals surface area contributed by atoms with E-state index in [1.165, 1.54) is 16.7 Å². The Morgan fingerprint density at radius 1 is 1.12 bits per heavy atom. The molecule has 1 fully saturated rings. The number of rotatable bonds is 3. The fraction of sp³-hybridized carbons (Fsp3) is 0.577. The van der Waals surface area contributed by atoms with Crippen molar-refractivity contribution in [3.63, 3.8) is 0 Å². The normalized spacial score (nSPS) is 22.2. The summed E-state index contributed by atoms with van der Waals surface area (Å²) in [5.74, 6) is 0.911. The maximum atomic E-state index is 13.5. The minimum absolute atomic E-state index is 0.0114. The lowest BCUT2D eigenvalue weighted by Crippen LogP contribution is -2.43. The number of benzene rings is 1. The van der Waals surface area contributed by atoms with Crippen LogP contribution >= 0.6 is 0 Å². The maximum Gasteiger partial charge on any atom is 0.317 e. The van der Waals surface area contributed by atoms with E-state index in [4.69, 9.17) is 4.98 Å². The molecule has 1 aromatic carbocycles. The summed E-state index contributed by atoms with van der Waals surface area (Å²) in [5, 5.41) is 3.00. The molecule has 1 aromatic heterocycles. The molecule has 0 aliphatic carbocycles. The van der Waals surface area contributed by atoms with E-state index in [0.29, 0.717) is 19.6 Å². The van der Waals surface area contributed by atoms with E-state index in [1.807, 2.05) is 23.3 Å². The van der Waals surface area contributed by atoms with Crippen molar-refractivity contribution < 1.29 is 4.79 Å². The quantitative estimate of drug-likeness (QED) is 0.782. The number of aromatic nitrogens is 2. The third-order valence-electron chi connectivity index (χ3n) is 7.42. The van der Waals surface area contributed by atoms with Gasteiger partial charge in [-0.2, -0.15) is 0 Å². The summed E-state index contributed by atoms with van der Waals surface area (Å²) in [6, 6.07) is 6.77. The van der Waals surface area contributed by atoms with Gasteiger partial charge < -0.3 is 10.2 Å². The molecular formula is C26H35N5O2. The molecule has 2 aromatic rings. The van der Waals surface area contributed by atoms with Crippen LogP contribution in [0.15, 0.2) is 23.0 Å². The van der Waals surface area contributed by atoms with Gasteiger partial charge in [0.25, 0.3) is 5.56 Å². The van der Waals surface area contributed by atoms with Crippen LogP contribution in [0.2, 0.25) is 0 Å². The minimum Gasteiger partial charge on any atom is -0.336 e. The number of fused-ring (bicyclic) bond motifs is 3. The number of hydrogen-bond acceptors (Lipinski definition) is 4. The molecule has 7 nitrogen and oxygen atoms in total. The zero-order valence-corrected chi connectivity index (χ0v) is 20.3. The van der Waals surface area contributed by atoms with E-state index in [0.717, 1.165) is 56.0 Å². The second-order valence-corrected chi connectivity index (χ2v) is 10.6. The Hall–Kier alpha value is -2.67. The summed E-state index contributed by atoms with van der Waals surface area (Å²) in [6.45, 7) is 12.7. The van der Waals surface area contributed by atoms with Crippen molar-refractivity contribution in [2.45, 2.75) is 78.0 Å². The summed E-state index contributed by atoms with van der Waals surface area (Å²) in [6.07, 6.45) is 2.56. The lowest BCUT2D eigenvalue weighted by atomic mass is 9.85. The smallest absolute Gasteiger partial charge is 0.317 e. The van der Waals surface area contributed by atoms with Gasteiger partial charge in [0.1, 0.15) is 5.82 Å². The van der Waals surface area contributed by atoms with Gasteiger partial charge in [-0.15, -0.1) is 0 Å². The Balaban J connectivity index is 1.37. The molecule has 0 saturated carbocycles. The number of urea groups is 1. The van der Waals surface area contributed by atoms with Gasteiger partial charge in [-0.3, -0.25) is 14.3 Å². The van der Waals surface area contributed by atoms with Crippen LogP contribution in [0.4, 0.5) is 4.79 Å². The third-order valence-corrected chi connectivity index (χ3v) is 7.42. The number of carbonyl (C=O) groups is 1. The number of amides is 2. The number of likely N-dealkylation sites (tertiary alicyclic amines) is 1. The highest BCUT2D eigenvalue weighted by Gasteiger charge is 2.48. The summed E-state index contributed by atoms with van der Waals surface area (Å²) >= 11 is 0. The molecule has 2 amide bonds. The molecule has 3 aliphatic heterocycles. The lowest BCUT2D eigenvalue weighted by molar-refractivity contribution is 0.202. The fourth-order valence-electron chi connectivity index (χ4n) is 5.94. The van der Waals surface area contributed by atoms with Crippen molar-refractivity contribution in [2.75, 3.05) is 19.6 Å². The number of nitrogens with one attached hydrogen (secondary N) is 1. The molecule has 1 spiro atoms. The first-order chi connectivity index (χ1) is 15.7. The molecule has 0 radical (unpaired) electrons. The molecular weight excluding hydrogens is 414 g/mol. The summed E-state index contributed by atoms with van der Waals surface area (Å²) in [7, 11) is 0. The van der Waals surface area contributed by atoms with Crippen LogP contribution in [0.5, 0.6) is 0 Å². The molecule has 1 atom stereocenters. The SMILES string of the molecule is Cc1cc(C)cc(CN2CCc3nc4n(c(=O)c3C2)CC[C@@]42CCN(C(=O)NC(C)C)C2)c1. The van der Waals surface area contributed by atoms with Crippen LogP contribution in [0.1, 0.15) is 60.5 Å². The standard InChI is InChI=1S/C26H35N5O2/c1-17(2)27-25(33)30-9-6-26(16-30)7-10-31-23(32)21-15-29(8-5-22(21)28-24(26)31)14-20-12-18(3)11-19(4)13-20/h11-13,17H,5-10,14-16H2,1-4H3,(H,27,33)/t26-/m1/s1. The molecule has 1 N–H and O–H groups in total. The molecule has 4 heterocycles. The van der Waals surface area contributed by atoms with Crippen molar-refractivity contribution in [3.8, 4) is 0 Å². The van der Waals surface area contributed by atoms with Crippen LogP contribution in [0.25, 0.3) is 0 Å². The van der Waals surface area contributed by atoms with E-state index in [1.54, 1.807) is 0 Å². The lowest BCUT2D eigenvalue weighted by Gasteiger charge is -2.30. The molecule has 176 valence electrons. The van der Waals surface area contributed by atoms with Gasteiger partial charge in [-0.25, -0.2) is 9.78 Å². The van der Waals surface area contributed by atoms with Gasteiger partial charge in [0.15, 0.2) is 0 Å². The highest BCUT2D eigenvalue weighted by Crippen LogP contribution is 2.41. The van der Waals surface area contributed by atoms with Crippen LogP contribution in [0.3, 0.4) is 0 Å². The Morgan fingerprint density at radius 3 is 2.58 bits per heavy atom. The number of hydrogen-bond donors (Lipinski definition) is 1. The van der Waals surface area contributed by atoms with Gasteiger partial charge in [0.05, 0.1) is 11.3 Å². The van der Waals surface area contributed by atoms with Crippen LogP contribution < -0.4 is 10.9 Å². The van der Waals surface area contributed by atoms with Crippen LogP contribution in [0, 0.1) is 13.8 Å². The zero-order valence-electron chi connectivity index (χ0n) is 20.3. The second kappa shape index (κ2) is 8.28. The number of carbonyl (C=O) groups excluding carboxylic acids is 1. The van der Waals surface area contributed by atoms with E-state index in [-0.39, 0.29) is 23.0 Å². The predicted octanol–water partition coefficient (Wildman–Crippen LogP) is 2.88. The molecule has 3 aliphatic rings. The molecule has 1 saturated heterocycles. The van der Waals surface area contributed by atoms with Crippen LogP contribution in [-0.4, -0.2) is 51.1 Å². The van der Waals surface area contributed by atoms with Crippen LogP contribution in [-0.2, 0) is 31.5 Å². The predicted molar refractivity (Wildman–Crippen MR) is 128 cm³/mol. The van der Waals surface area contributed by atoms with Crippen molar-refractivity contribution in [2.24, 2.45) is 0 Å². The van der Waals surface area contributed by atoms with E-state index < -0.39 is 0 Å². The van der Waals surface area contributed by atoms with Gasteiger partial charge in [-0.1, -0.05) is 29.3 Å². The number of aryl methyl sites for hydroxylation is 2. The Labute approximate surface area is 195 Å². The van der Waals surface area contributed by atoms with E-state index in [2.05, 4.69) is 42.3 Å². The topological polar surface area (TPSA) is 70.5 Å². The molecule has 0 bridgehead atoms. The summed E-state index contributed by atoms with van der Waals surface area (Å²) in [5.41, 5.74) is 5.63. The van der Waals surface area contributed by atoms with Gasteiger partial charge >= 0.3 is 6.03 Å². The first kappa shape index (κ1) is 22.1. The average Bonchev–Trinajstić information content (AvgIpc) is 3.33. The minimum atomic E-state index is -0.182. The van der Waals surface area contributed by atoms with Crippen molar-refractivity contribution in [3.05, 3.63) is 62.3 Å². The highest BCUT2D eigenvalue weighted by molar-refractivity contribution is 5.75. The van der Waals surface area contributed by atoms with Crippen molar-refractivity contribution in [1.82, 2.24) is 24.7 Å². The molecule has 33 heavy (non-hydrogen) atoms. The average molecular weight is 450 g/mol. The first-order valence-corrected chi connectivity index (χ1v) is 12.2.